The van der Waals surface area contributed by atoms with Gasteiger partial charge in [0, 0.05) is 25.6 Å². The Morgan fingerprint density at radius 1 is 1.56 bits per heavy atom. The van der Waals surface area contributed by atoms with Crippen LogP contribution in [0.4, 0.5) is 5.82 Å². The van der Waals surface area contributed by atoms with E-state index in [0.717, 1.165) is 0 Å². The molecule has 0 bridgehead atoms. The van der Waals surface area contributed by atoms with Crippen LogP contribution in [0.2, 0.25) is 0 Å². The van der Waals surface area contributed by atoms with Crippen LogP contribution in [-0.4, -0.2) is 40.9 Å². The van der Waals surface area contributed by atoms with E-state index in [9.17, 15) is 9.59 Å². The van der Waals surface area contributed by atoms with Crippen molar-refractivity contribution < 1.29 is 4.79 Å². The zero-order chi connectivity index (χ0) is 13.7. The molecule has 100 valence electrons. The summed E-state index contributed by atoms with van der Waals surface area (Å²) in [6, 6.07) is 1.35. The largest absolute Gasteiger partial charge is 0.361 e. The molecule has 1 rings (SSSR count). The first-order chi connectivity index (χ1) is 8.43. The van der Waals surface area contributed by atoms with Gasteiger partial charge < -0.3 is 15.2 Å². The number of carbonyl (C=O) groups excluding carboxylic acids is 1. The smallest absolute Gasteiger partial charge is 0.252 e. The van der Waals surface area contributed by atoms with Crippen LogP contribution in [0.5, 0.6) is 0 Å². The number of anilines is 1. The molecular weight excluding hydrogens is 232 g/mol. The van der Waals surface area contributed by atoms with E-state index in [1.165, 1.54) is 6.07 Å². The molecule has 0 saturated heterocycles. The molecule has 6 nitrogen and oxygen atoms in total. The molecule has 0 spiro atoms. The Hall–Kier alpha value is -1.85. The maximum absolute atomic E-state index is 11.6. The lowest BCUT2D eigenvalue weighted by molar-refractivity contribution is -0.127. The fourth-order valence-electron chi connectivity index (χ4n) is 1.32. The summed E-state index contributed by atoms with van der Waals surface area (Å²) in [5.41, 5.74) is -0.215. The zero-order valence-corrected chi connectivity index (χ0v) is 11.3. The molecule has 6 heteroatoms. The number of hydrogen-bond donors (Lipinski definition) is 2. The van der Waals surface area contributed by atoms with Crippen molar-refractivity contribution in [1.82, 2.24) is 14.9 Å². The molecule has 0 unspecified atom stereocenters. The first kappa shape index (κ1) is 14.2. The molecule has 1 heterocycles. The summed E-state index contributed by atoms with van der Waals surface area (Å²) in [6.07, 6.45) is 0. The quantitative estimate of drug-likeness (QED) is 0.812. The van der Waals surface area contributed by atoms with Crippen LogP contribution in [0.1, 0.15) is 32.5 Å². The van der Waals surface area contributed by atoms with E-state index in [-0.39, 0.29) is 23.9 Å². The lowest BCUT2D eigenvalue weighted by Gasteiger charge is -2.15. The van der Waals surface area contributed by atoms with Gasteiger partial charge in [0.2, 0.25) is 5.91 Å². The molecule has 0 radical (unpaired) electrons. The highest BCUT2D eigenvalue weighted by Gasteiger charge is 2.08. The minimum atomic E-state index is -0.215. The van der Waals surface area contributed by atoms with Crippen LogP contribution in [0.25, 0.3) is 0 Å². The molecule has 1 aromatic heterocycles. The first-order valence-electron chi connectivity index (χ1n) is 6.03. The second-order valence-corrected chi connectivity index (χ2v) is 4.43. The second-order valence-electron chi connectivity index (χ2n) is 4.43. The van der Waals surface area contributed by atoms with Gasteiger partial charge in [0.25, 0.3) is 5.56 Å². The van der Waals surface area contributed by atoms with E-state index < -0.39 is 0 Å². The molecule has 0 aliphatic rings. The highest BCUT2D eigenvalue weighted by Crippen LogP contribution is 2.08. The maximum Gasteiger partial charge on any atom is 0.252 e. The molecular formula is C12H20N4O2. The molecule has 1 aromatic rings. The topological polar surface area (TPSA) is 78.1 Å². The zero-order valence-electron chi connectivity index (χ0n) is 11.3. The molecule has 2 N–H and O–H groups in total. The summed E-state index contributed by atoms with van der Waals surface area (Å²) in [7, 11) is 1.73. The molecule has 0 aromatic carbocycles. The molecule has 1 amide bonds. The molecule has 0 aliphatic carbocycles. The van der Waals surface area contributed by atoms with E-state index in [4.69, 9.17) is 0 Å². The Morgan fingerprint density at radius 2 is 2.22 bits per heavy atom. The van der Waals surface area contributed by atoms with Crippen molar-refractivity contribution in [3.8, 4) is 0 Å². The lowest BCUT2D eigenvalue weighted by Crippen LogP contribution is -2.32. The third kappa shape index (κ3) is 3.87. The normalized spacial score (nSPS) is 10.5. The van der Waals surface area contributed by atoms with Crippen molar-refractivity contribution >= 4 is 11.7 Å². The maximum atomic E-state index is 11.6. The number of rotatable bonds is 5. The monoisotopic (exact) mass is 252 g/mol. The summed E-state index contributed by atoms with van der Waals surface area (Å²) in [5, 5.41) is 2.87. The van der Waals surface area contributed by atoms with Gasteiger partial charge >= 0.3 is 0 Å². The van der Waals surface area contributed by atoms with Crippen molar-refractivity contribution in [3.05, 3.63) is 22.2 Å². The van der Waals surface area contributed by atoms with E-state index in [1.54, 1.807) is 11.9 Å². The number of amides is 1. The van der Waals surface area contributed by atoms with Gasteiger partial charge in [-0.3, -0.25) is 9.59 Å². The second kappa shape index (κ2) is 6.18. The van der Waals surface area contributed by atoms with E-state index >= 15 is 0 Å². The number of nitrogens with one attached hydrogen (secondary N) is 2. The summed E-state index contributed by atoms with van der Waals surface area (Å²) < 4.78 is 0. The number of nitrogens with zero attached hydrogens (tertiary/aromatic N) is 2. The Balaban J connectivity index is 2.73. The molecule has 0 aliphatic heterocycles. The number of H-pyrrole nitrogens is 1. The molecule has 18 heavy (non-hydrogen) atoms. The fourth-order valence-corrected chi connectivity index (χ4v) is 1.32. The van der Waals surface area contributed by atoms with Crippen molar-refractivity contribution in [2.45, 2.75) is 26.7 Å². The molecule has 0 saturated carbocycles. The minimum absolute atomic E-state index is 0.0364. The van der Waals surface area contributed by atoms with Gasteiger partial charge in [-0.25, -0.2) is 4.98 Å². The predicted molar refractivity (Wildman–Crippen MR) is 70.7 cm³/mol. The fraction of sp³-hybridized carbons (Fsp3) is 0.583. The van der Waals surface area contributed by atoms with Crippen molar-refractivity contribution in [1.29, 1.82) is 0 Å². The van der Waals surface area contributed by atoms with Gasteiger partial charge in [0.1, 0.15) is 11.6 Å². The first-order valence-corrected chi connectivity index (χ1v) is 6.03. The minimum Gasteiger partial charge on any atom is -0.361 e. The molecule has 0 atom stereocenters. The van der Waals surface area contributed by atoms with Gasteiger partial charge in [-0.15, -0.1) is 0 Å². The average molecular weight is 252 g/mol. The van der Waals surface area contributed by atoms with Gasteiger partial charge in [-0.05, 0) is 6.92 Å². The average Bonchev–Trinajstić information content (AvgIpc) is 2.34. The van der Waals surface area contributed by atoms with Gasteiger partial charge in [0.05, 0.1) is 6.54 Å². The lowest BCUT2D eigenvalue weighted by atomic mass is 10.2. The number of carbonyl (C=O) groups is 1. The van der Waals surface area contributed by atoms with Crippen molar-refractivity contribution in [2.24, 2.45) is 0 Å². The SMILES string of the molecule is CCN(C)C(=O)CNc1cc(=O)[nH]c(C(C)C)n1. The van der Waals surface area contributed by atoms with Gasteiger partial charge in [-0.1, -0.05) is 13.8 Å². The van der Waals surface area contributed by atoms with Gasteiger partial charge in [-0.2, -0.15) is 0 Å². The van der Waals surface area contributed by atoms with E-state index in [2.05, 4.69) is 15.3 Å². The predicted octanol–water partition coefficient (Wildman–Crippen LogP) is 0.783. The third-order valence-corrected chi connectivity index (χ3v) is 2.63. The van der Waals surface area contributed by atoms with E-state index in [0.29, 0.717) is 18.2 Å². The van der Waals surface area contributed by atoms with Gasteiger partial charge in [0.15, 0.2) is 0 Å². The van der Waals surface area contributed by atoms with Crippen LogP contribution in [0.3, 0.4) is 0 Å². The Kier molecular flexibility index (Phi) is 4.88. The van der Waals surface area contributed by atoms with Crippen molar-refractivity contribution in [3.63, 3.8) is 0 Å². The van der Waals surface area contributed by atoms with Crippen LogP contribution in [0.15, 0.2) is 10.9 Å². The number of aromatic nitrogens is 2. The summed E-state index contributed by atoms with van der Waals surface area (Å²) in [5.74, 6) is 1.14. The highest BCUT2D eigenvalue weighted by atomic mass is 16.2. The summed E-state index contributed by atoms with van der Waals surface area (Å²) in [4.78, 5) is 31.5. The Bertz CT molecular complexity index is 467. The standard InChI is InChI=1S/C12H20N4O2/c1-5-16(4)11(18)7-13-9-6-10(17)15-12(14-9)8(2)3/h6,8H,5,7H2,1-4H3,(H2,13,14,15,17). The number of likely N-dealkylation sites (N-methyl/N-ethyl adjacent to an activating group) is 1. The highest BCUT2D eigenvalue weighted by molar-refractivity contribution is 5.80. The Morgan fingerprint density at radius 3 is 2.78 bits per heavy atom. The van der Waals surface area contributed by atoms with Crippen molar-refractivity contribution in [2.75, 3.05) is 25.5 Å². The summed E-state index contributed by atoms with van der Waals surface area (Å²) in [6.45, 7) is 6.58. The molecule has 0 fully saturated rings. The number of hydrogen-bond acceptors (Lipinski definition) is 4. The Labute approximate surface area is 106 Å². The van der Waals surface area contributed by atoms with Crippen LogP contribution >= 0.6 is 0 Å². The third-order valence-electron chi connectivity index (χ3n) is 2.63. The van der Waals surface area contributed by atoms with Crippen LogP contribution in [-0.2, 0) is 4.79 Å². The van der Waals surface area contributed by atoms with Crippen LogP contribution < -0.4 is 10.9 Å². The summed E-state index contributed by atoms with van der Waals surface area (Å²) >= 11 is 0. The van der Waals surface area contributed by atoms with Crippen LogP contribution in [0, 0.1) is 0 Å². The van der Waals surface area contributed by atoms with E-state index in [1.807, 2.05) is 20.8 Å². The number of aromatic amines is 1.